The lowest BCUT2D eigenvalue weighted by Gasteiger charge is -2.28. The third-order valence-electron chi connectivity index (χ3n) is 5.60. The molecule has 1 unspecified atom stereocenters. The summed E-state index contributed by atoms with van der Waals surface area (Å²) in [4.78, 5) is 17.3. The normalized spacial score (nSPS) is 21.9. The minimum absolute atomic E-state index is 0.183. The lowest BCUT2D eigenvalue weighted by atomic mass is 9.98. The largest absolute Gasteiger partial charge is 0.466 e. The zero-order chi connectivity index (χ0) is 17.6. The molecule has 3 heterocycles. The van der Waals surface area contributed by atoms with Crippen LogP contribution in [-0.2, 0) is 9.53 Å². The van der Waals surface area contributed by atoms with Gasteiger partial charge in [-0.1, -0.05) is 6.92 Å². The molecule has 0 aliphatic carbocycles. The van der Waals surface area contributed by atoms with Crippen molar-refractivity contribution in [3.8, 4) is 0 Å². The number of aryl methyl sites for hydroxylation is 1. The molecule has 0 bridgehead atoms. The molecular formula is C20H32N2O3. The maximum absolute atomic E-state index is 12.7. The van der Waals surface area contributed by atoms with Crippen molar-refractivity contribution in [1.82, 2.24) is 9.80 Å². The minimum Gasteiger partial charge on any atom is -0.466 e. The van der Waals surface area contributed by atoms with Crippen LogP contribution < -0.4 is 0 Å². The van der Waals surface area contributed by atoms with Crippen molar-refractivity contribution in [2.24, 2.45) is 5.92 Å². The Hall–Kier alpha value is -1.33. The standard InChI is InChI=1S/C20H32N2O3/c1-16(19-5-4-17(2)25-19)6-11-21-9-3-10-22(13-12-21)20(23)18-7-14-24-15-8-18/h4-5,16,18H,3,6-15H2,1-2H3. The first kappa shape index (κ1) is 18.5. The second kappa shape index (κ2) is 8.86. The van der Waals surface area contributed by atoms with Gasteiger partial charge < -0.3 is 19.0 Å². The van der Waals surface area contributed by atoms with Crippen LogP contribution in [0.15, 0.2) is 16.5 Å². The molecule has 1 atom stereocenters. The first-order chi connectivity index (χ1) is 12.1. The average molecular weight is 348 g/mol. The topological polar surface area (TPSA) is 45.9 Å². The molecule has 0 radical (unpaired) electrons. The molecule has 2 aliphatic rings. The Bertz CT molecular complexity index is 551. The Kier molecular flexibility index (Phi) is 6.54. The zero-order valence-corrected chi connectivity index (χ0v) is 15.7. The highest BCUT2D eigenvalue weighted by molar-refractivity contribution is 5.79. The molecule has 2 saturated heterocycles. The highest BCUT2D eigenvalue weighted by atomic mass is 16.5. The van der Waals surface area contributed by atoms with E-state index < -0.39 is 0 Å². The number of nitrogens with zero attached hydrogens (tertiary/aromatic N) is 2. The van der Waals surface area contributed by atoms with Gasteiger partial charge in [0.05, 0.1) is 0 Å². The van der Waals surface area contributed by atoms with Crippen LogP contribution in [0.4, 0.5) is 0 Å². The van der Waals surface area contributed by atoms with E-state index >= 15 is 0 Å². The molecule has 1 aromatic rings. The van der Waals surface area contributed by atoms with E-state index in [1.165, 1.54) is 0 Å². The van der Waals surface area contributed by atoms with Gasteiger partial charge in [-0.2, -0.15) is 0 Å². The van der Waals surface area contributed by atoms with E-state index in [9.17, 15) is 4.79 Å². The van der Waals surface area contributed by atoms with Gasteiger partial charge in [-0.25, -0.2) is 0 Å². The summed E-state index contributed by atoms with van der Waals surface area (Å²) >= 11 is 0. The van der Waals surface area contributed by atoms with E-state index in [0.717, 1.165) is 83.1 Å². The fourth-order valence-corrected chi connectivity index (χ4v) is 3.85. The van der Waals surface area contributed by atoms with Gasteiger partial charge in [-0.15, -0.1) is 0 Å². The SMILES string of the molecule is Cc1ccc(C(C)CCN2CCCN(C(=O)C3CCOCC3)CC2)o1. The molecule has 25 heavy (non-hydrogen) atoms. The molecule has 0 saturated carbocycles. The Morgan fingerprint density at radius 2 is 2.00 bits per heavy atom. The Balaban J connectivity index is 1.44. The van der Waals surface area contributed by atoms with Crippen molar-refractivity contribution in [3.05, 3.63) is 23.7 Å². The molecule has 5 heteroatoms. The fourth-order valence-electron chi connectivity index (χ4n) is 3.85. The van der Waals surface area contributed by atoms with Gasteiger partial charge in [0.15, 0.2) is 0 Å². The summed E-state index contributed by atoms with van der Waals surface area (Å²) in [5.74, 6) is 3.05. The molecule has 0 spiro atoms. The van der Waals surface area contributed by atoms with Crippen molar-refractivity contribution in [3.63, 3.8) is 0 Å². The fraction of sp³-hybridized carbons (Fsp3) is 0.750. The quantitative estimate of drug-likeness (QED) is 0.820. The lowest BCUT2D eigenvalue weighted by Crippen LogP contribution is -2.40. The minimum atomic E-state index is 0.183. The van der Waals surface area contributed by atoms with Crippen LogP contribution in [-0.4, -0.2) is 61.6 Å². The summed E-state index contributed by atoms with van der Waals surface area (Å²) in [6, 6.07) is 4.13. The number of hydrogen-bond acceptors (Lipinski definition) is 4. The third-order valence-corrected chi connectivity index (χ3v) is 5.60. The van der Waals surface area contributed by atoms with Crippen molar-refractivity contribution in [2.75, 3.05) is 45.9 Å². The highest BCUT2D eigenvalue weighted by Gasteiger charge is 2.27. The van der Waals surface area contributed by atoms with Crippen LogP contribution in [0.3, 0.4) is 0 Å². The van der Waals surface area contributed by atoms with E-state index in [1.807, 2.05) is 13.0 Å². The smallest absolute Gasteiger partial charge is 0.225 e. The summed E-state index contributed by atoms with van der Waals surface area (Å²) in [5.41, 5.74) is 0. The van der Waals surface area contributed by atoms with Crippen molar-refractivity contribution in [1.29, 1.82) is 0 Å². The van der Waals surface area contributed by atoms with Crippen molar-refractivity contribution in [2.45, 2.75) is 45.4 Å². The second-order valence-corrected chi connectivity index (χ2v) is 7.55. The molecule has 140 valence electrons. The van der Waals surface area contributed by atoms with E-state index in [4.69, 9.17) is 9.15 Å². The van der Waals surface area contributed by atoms with Crippen LogP contribution in [0.5, 0.6) is 0 Å². The number of amides is 1. The van der Waals surface area contributed by atoms with Crippen LogP contribution in [0.25, 0.3) is 0 Å². The Morgan fingerprint density at radius 3 is 2.72 bits per heavy atom. The van der Waals surface area contributed by atoms with Gasteiger partial charge in [0, 0.05) is 44.7 Å². The number of rotatable bonds is 5. The van der Waals surface area contributed by atoms with Gasteiger partial charge in [-0.3, -0.25) is 4.79 Å². The highest BCUT2D eigenvalue weighted by Crippen LogP contribution is 2.22. The maximum atomic E-state index is 12.7. The van der Waals surface area contributed by atoms with E-state index in [-0.39, 0.29) is 5.92 Å². The second-order valence-electron chi connectivity index (χ2n) is 7.55. The van der Waals surface area contributed by atoms with Crippen molar-refractivity contribution < 1.29 is 13.9 Å². The van der Waals surface area contributed by atoms with Crippen LogP contribution in [0, 0.1) is 12.8 Å². The number of furan rings is 1. The predicted octanol–water partition coefficient (Wildman–Crippen LogP) is 3.04. The predicted molar refractivity (Wildman–Crippen MR) is 97.7 cm³/mol. The summed E-state index contributed by atoms with van der Waals surface area (Å²) in [7, 11) is 0. The molecule has 2 aliphatic heterocycles. The van der Waals surface area contributed by atoms with Crippen molar-refractivity contribution >= 4 is 5.91 Å². The summed E-state index contributed by atoms with van der Waals surface area (Å²) in [6.07, 6.45) is 3.95. The number of hydrogen-bond donors (Lipinski definition) is 0. The van der Waals surface area contributed by atoms with E-state index in [1.54, 1.807) is 0 Å². The number of carbonyl (C=O) groups is 1. The molecule has 2 fully saturated rings. The molecule has 1 amide bonds. The molecule has 0 N–H and O–H groups in total. The van der Waals surface area contributed by atoms with Gasteiger partial charge in [0.25, 0.3) is 0 Å². The van der Waals surface area contributed by atoms with Gasteiger partial charge in [0.2, 0.25) is 5.91 Å². The first-order valence-electron chi connectivity index (χ1n) is 9.78. The van der Waals surface area contributed by atoms with E-state index in [0.29, 0.717) is 11.8 Å². The number of ether oxygens (including phenoxy) is 1. The average Bonchev–Trinajstić information content (AvgIpc) is 2.94. The van der Waals surface area contributed by atoms with Crippen LogP contribution in [0.2, 0.25) is 0 Å². The molecule has 1 aromatic heterocycles. The summed E-state index contributed by atoms with van der Waals surface area (Å²) in [5, 5.41) is 0. The molecule has 0 aromatic carbocycles. The third kappa shape index (κ3) is 5.08. The van der Waals surface area contributed by atoms with Crippen LogP contribution in [0.1, 0.15) is 50.0 Å². The Labute approximate surface area is 151 Å². The first-order valence-corrected chi connectivity index (χ1v) is 9.78. The van der Waals surface area contributed by atoms with Crippen LogP contribution >= 0.6 is 0 Å². The molecular weight excluding hydrogens is 316 g/mol. The monoisotopic (exact) mass is 348 g/mol. The summed E-state index contributed by atoms with van der Waals surface area (Å²) < 4.78 is 11.1. The molecule has 3 rings (SSSR count). The van der Waals surface area contributed by atoms with Gasteiger partial charge in [-0.05, 0) is 57.8 Å². The molecule has 5 nitrogen and oxygen atoms in total. The van der Waals surface area contributed by atoms with E-state index in [2.05, 4.69) is 22.8 Å². The maximum Gasteiger partial charge on any atom is 0.225 e. The summed E-state index contributed by atoms with van der Waals surface area (Å²) in [6.45, 7) is 10.6. The number of carbonyl (C=O) groups excluding carboxylic acids is 1. The Morgan fingerprint density at radius 1 is 1.20 bits per heavy atom. The lowest BCUT2D eigenvalue weighted by molar-refractivity contribution is -0.138. The van der Waals surface area contributed by atoms with Gasteiger partial charge in [0.1, 0.15) is 11.5 Å². The zero-order valence-electron chi connectivity index (χ0n) is 15.7. The van der Waals surface area contributed by atoms with Gasteiger partial charge >= 0.3 is 0 Å².